The van der Waals surface area contributed by atoms with Crippen LogP contribution in [0.2, 0.25) is 0 Å². The van der Waals surface area contributed by atoms with Crippen molar-refractivity contribution in [2.75, 3.05) is 19.8 Å². The van der Waals surface area contributed by atoms with E-state index in [1.54, 1.807) is 0 Å². The van der Waals surface area contributed by atoms with Gasteiger partial charge < -0.3 is 10.1 Å². The largest absolute Gasteiger partial charge is 0.382 e. The van der Waals surface area contributed by atoms with Gasteiger partial charge in [0.25, 0.3) is 0 Å². The second kappa shape index (κ2) is 8.03. The van der Waals surface area contributed by atoms with E-state index in [2.05, 4.69) is 54.7 Å². The third kappa shape index (κ3) is 4.06. The Morgan fingerprint density at radius 2 is 1.85 bits per heavy atom. The second-order valence-electron chi connectivity index (χ2n) is 5.10. The molecule has 108 valence electrons. The Labute approximate surface area is 122 Å². The highest BCUT2D eigenvalue weighted by Crippen LogP contribution is 2.22. The quantitative estimate of drug-likeness (QED) is 0.722. The molecule has 0 bridgehead atoms. The average Bonchev–Trinajstić information content (AvgIpc) is 2.50. The lowest BCUT2D eigenvalue weighted by Crippen LogP contribution is -2.23. The van der Waals surface area contributed by atoms with E-state index in [1.807, 2.05) is 6.92 Å². The molecule has 0 saturated heterocycles. The van der Waals surface area contributed by atoms with Crippen molar-refractivity contribution in [3.8, 4) is 0 Å². The lowest BCUT2D eigenvalue weighted by atomic mass is 10.00. The first kappa shape index (κ1) is 15.0. The van der Waals surface area contributed by atoms with Gasteiger partial charge in [0, 0.05) is 19.3 Å². The molecule has 0 aliphatic carbocycles. The fraction of sp³-hybridized carbons (Fsp3) is 0.444. The molecule has 0 amide bonds. The van der Waals surface area contributed by atoms with Crippen LogP contribution in [0.1, 0.15) is 38.3 Å². The molecule has 0 aromatic heterocycles. The number of hydrogen-bond acceptors (Lipinski definition) is 2. The first-order valence-electron chi connectivity index (χ1n) is 7.65. The van der Waals surface area contributed by atoms with Gasteiger partial charge in [0.05, 0.1) is 0 Å². The number of hydrogen-bond donors (Lipinski definition) is 1. The molecule has 2 rings (SSSR count). The summed E-state index contributed by atoms with van der Waals surface area (Å²) in [5.41, 5.74) is 1.36. The van der Waals surface area contributed by atoms with Crippen molar-refractivity contribution in [2.24, 2.45) is 0 Å². The molecule has 0 fully saturated rings. The third-order valence-corrected chi connectivity index (χ3v) is 3.57. The smallest absolute Gasteiger partial charge is 0.0484 e. The van der Waals surface area contributed by atoms with Crippen LogP contribution in [-0.4, -0.2) is 19.8 Å². The molecule has 0 radical (unpaired) electrons. The van der Waals surface area contributed by atoms with Gasteiger partial charge in [-0.3, -0.25) is 0 Å². The van der Waals surface area contributed by atoms with Gasteiger partial charge in [-0.15, -0.1) is 0 Å². The standard InChI is InChI=1S/C18H25NO/c1-3-12-19-18(11-13-20-4-2)17-10-9-15-7-5-6-8-16(15)14-17/h5-10,14,18-19H,3-4,11-13H2,1-2H3. The summed E-state index contributed by atoms with van der Waals surface area (Å²) in [5.74, 6) is 0. The third-order valence-electron chi connectivity index (χ3n) is 3.57. The maximum absolute atomic E-state index is 5.51. The Hall–Kier alpha value is -1.38. The molecule has 20 heavy (non-hydrogen) atoms. The van der Waals surface area contributed by atoms with Crippen LogP contribution in [0.25, 0.3) is 10.8 Å². The fourth-order valence-corrected chi connectivity index (χ4v) is 2.48. The van der Waals surface area contributed by atoms with Crippen LogP contribution in [0.3, 0.4) is 0 Å². The number of fused-ring (bicyclic) bond motifs is 1. The number of rotatable bonds is 8. The molecule has 0 aliphatic heterocycles. The van der Waals surface area contributed by atoms with E-state index in [1.165, 1.54) is 16.3 Å². The minimum absolute atomic E-state index is 0.381. The van der Waals surface area contributed by atoms with E-state index in [9.17, 15) is 0 Å². The van der Waals surface area contributed by atoms with Crippen molar-refractivity contribution in [1.29, 1.82) is 0 Å². The summed E-state index contributed by atoms with van der Waals surface area (Å²) in [6.45, 7) is 6.89. The van der Waals surface area contributed by atoms with Crippen LogP contribution in [0.4, 0.5) is 0 Å². The highest BCUT2D eigenvalue weighted by atomic mass is 16.5. The topological polar surface area (TPSA) is 21.3 Å². The van der Waals surface area contributed by atoms with Crippen molar-refractivity contribution < 1.29 is 4.74 Å². The Morgan fingerprint density at radius 3 is 2.60 bits per heavy atom. The summed E-state index contributed by atoms with van der Waals surface area (Å²) >= 11 is 0. The molecule has 0 saturated carbocycles. The van der Waals surface area contributed by atoms with E-state index >= 15 is 0 Å². The van der Waals surface area contributed by atoms with Gasteiger partial charge in [0.15, 0.2) is 0 Å². The van der Waals surface area contributed by atoms with Crippen molar-refractivity contribution >= 4 is 10.8 Å². The van der Waals surface area contributed by atoms with Crippen LogP contribution >= 0.6 is 0 Å². The summed E-state index contributed by atoms with van der Waals surface area (Å²) < 4.78 is 5.51. The van der Waals surface area contributed by atoms with Crippen LogP contribution < -0.4 is 5.32 Å². The van der Waals surface area contributed by atoms with Crippen LogP contribution in [0, 0.1) is 0 Å². The van der Waals surface area contributed by atoms with Gasteiger partial charge >= 0.3 is 0 Å². The Bertz CT molecular complexity index is 524. The molecule has 0 spiro atoms. The highest BCUT2D eigenvalue weighted by molar-refractivity contribution is 5.83. The highest BCUT2D eigenvalue weighted by Gasteiger charge is 2.10. The van der Waals surface area contributed by atoms with E-state index in [-0.39, 0.29) is 0 Å². The van der Waals surface area contributed by atoms with Crippen LogP contribution in [-0.2, 0) is 4.74 Å². The van der Waals surface area contributed by atoms with E-state index in [4.69, 9.17) is 4.74 Å². The van der Waals surface area contributed by atoms with E-state index in [0.29, 0.717) is 6.04 Å². The molecular formula is C18H25NO. The summed E-state index contributed by atoms with van der Waals surface area (Å²) in [6.07, 6.45) is 2.17. The van der Waals surface area contributed by atoms with Crippen molar-refractivity contribution in [3.63, 3.8) is 0 Å². The van der Waals surface area contributed by atoms with Crippen molar-refractivity contribution in [1.82, 2.24) is 5.32 Å². The maximum Gasteiger partial charge on any atom is 0.0484 e. The number of ether oxygens (including phenoxy) is 1. The van der Waals surface area contributed by atoms with Crippen molar-refractivity contribution in [3.05, 3.63) is 48.0 Å². The molecule has 0 heterocycles. The lowest BCUT2D eigenvalue weighted by Gasteiger charge is -2.19. The number of nitrogens with one attached hydrogen (secondary N) is 1. The van der Waals surface area contributed by atoms with Gasteiger partial charge in [-0.2, -0.15) is 0 Å². The molecule has 2 nitrogen and oxygen atoms in total. The molecule has 1 unspecified atom stereocenters. The van der Waals surface area contributed by atoms with Gasteiger partial charge in [-0.05, 0) is 48.7 Å². The molecule has 2 aromatic rings. The van der Waals surface area contributed by atoms with Gasteiger partial charge in [0.2, 0.25) is 0 Å². The monoisotopic (exact) mass is 271 g/mol. The molecule has 2 heteroatoms. The SMILES string of the molecule is CCCNC(CCOCC)c1ccc2ccccc2c1. The van der Waals surface area contributed by atoms with Crippen molar-refractivity contribution in [2.45, 2.75) is 32.7 Å². The second-order valence-corrected chi connectivity index (χ2v) is 5.10. The minimum atomic E-state index is 0.381. The van der Waals surface area contributed by atoms with E-state index < -0.39 is 0 Å². The van der Waals surface area contributed by atoms with E-state index in [0.717, 1.165) is 32.6 Å². The minimum Gasteiger partial charge on any atom is -0.382 e. The molecule has 0 aliphatic rings. The van der Waals surface area contributed by atoms with Gasteiger partial charge in [-0.1, -0.05) is 43.3 Å². The van der Waals surface area contributed by atoms with Gasteiger partial charge in [-0.25, -0.2) is 0 Å². The zero-order valence-electron chi connectivity index (χ0n) is 12.6. The number of benzene rings is 2. The Balaban J connectivity index is 2.15. The molecular weight excluding hydrogens is 246 g/mol. The first-order chi connectivity index (χ1) is 9.85. The Kier molecular flexibility index (Phi) is 6.03. The normalized spacial score (nSPS) is 12.7. The Morgan fingerprint density at radius 1 is 1.05 bits per heavy atom. The average molecular weight is 271 g/mol. The first-order valence-corrected chi connectivity index (χ1v) is 7.65. The molecule has 2 aromatic carbocycles. The summed E-state index contributed by atoms with van der Waals surface area (Å²) in [5, 5.41) is 6.24. The summed E-state index contributed by atoms with van der Waals surface area (Å²) in [6, 6.07) is 15.7. The van der Waals surface area contributed by atoms with Crippen LogP contribution in [0.5, 0.6) is 0 Å². The fourth-order valence-electron chi connectivity index (χ4n) is 2.48. The van der Waals surface area contributed by atoms with Gasteiger partial charge in [0.1, 0.15) is 0 Å². The summed E-state index contributed by atoms with van der Waals surface area (Å²) in [4.78, 5) is 0. The zero-order valence-corrected chi connectivity index (χ0v) is 12.6. The summed E-state index contributed by atoms with van der Waals surface area (Å²) in [7, 11) is 0. The van der Waals surface area contributed by atoms with Crippen LogP contribution in [0.15, 0.2) is 42.5 Å². The lowest BCUT2D eigenvalue weighted by molar-refractivity contribution is 0.136. The maximum atomic E-state index is 5.51. The molecule has 1 atom stereocenters. The molecule has 1 N–H and O–H groups in total. The predicted octanol–water partition coefficient (Wildman–Crippen LogP) is 4.31. The zero-order chi connectivity index (χ0) is 14.2. The predicted molar refractivity (Wildman–Crippen MR) is 86.1 cm³/mol.